The number of rotatable bonds is 4. The lowest BCUT2D eigenvalue weighted by Crippen LogP contribution is -2.33. The molecule has 2 N–H and O–H groups in total. The number of amides is 1. The summed E-state index contributed by atoms with van der Waals surface area (Å²) in [6.45, 7) is 1.84. The lowest BCUT2D eigenvalue weighted by atomic mass is 10.1. The van der Waals surface area contributed by atoms with Crippen molar-refractivity contribution >= 4 is 27.8 Å². The van der Waals surface area contributed by atoms with Gasteiger partial charge in [0.25, 0.3) is 5.91 Å². The Morgan fingerprint density at radius 3 is 2.83 bits per heavy atom. The van der Waals surface area contributed by atoms with Crippen LogP contribution in [0, 0.1) is 12.8 Å². The van der Waals surface area contributed by atoms with Crippen molar-refractivity contribution in [3.63, 3.8) is 0 Å². The number of hydrogen-bond acceptors (Lipinski definition) is 3. The predicted octanol–water partition coefficient (Wildman–Crippen LogP) is 2.93. The second-order valence-corrected chi connectivity index (χ2v) is 6.97. The molecule has 1 aromatic heterocycles. The van der Waals surface area contributed by atoms with Crippen molar-refractivity contribution in [3.8, 4) is 5.69 Å². The summed E-state index contributed by atoms with van der Waals surface area (Å²) >= 11 is 3.43. The number of carboxylic acid groups (broad SMARTS) is 1. The topological polar surface area (TPSA) is 84.2 Å². The Morgan fingerprint density at radius 1 is 1.38 bits per heavy atom. The summed E-state index contributed by atoms with van der Waals surface area (Å²) in [5, 5.41) is 16.3. The lowest BCUT2D eigenvalue weighted by Gasteiger charge is -2.12. The molecule has 0 radical (unpaired) electrons. The van der Waals surface area contributed by atoms with Gasteiger partial charge in [0.15, 0.2) is 0 Å². The summed E-state index contributed by atoms with van der Waals surface area (Å²) in [7, 11) is 0. The van der Waals surface area contributed by atoms with Gasteiger partial charge < -0.3 is 10.4 Å². The molecule has 0 bridgehead atoms. The number of carbonyl (C=O) groups is 2. The van der Waals surface area contributed by atoms with Crippen molar-refractivity contribution in [2.75, 3.05) is 0 Å². The fourth-order valence-electron chi connectivity index (χ4n) is 3.10. The van der Waals surface area contributed by atoms with E-state index in [1.165, 1.54) is 0 Å². The van der Waals surface area contributed by atoms with Crippen LogP contribution in [0.4, 0.5) is 0 Å². The SMILES string of the molecule is Cc1c(C(=O)N[C@H]2CC[C@@H](C(=O)O)C2)cnn1-c1cccc(Br)c1. The minimum atomic E-state index is -0.787. The minimum absolute atomic E-state index is 0.0905. The van der Waals surface area contributed by atoms with Gasteiger partial charge in [0, 0.05) is 10.5 Å². The molecule has 1 aromatic carbocycles. The number of aromatic nitrogens is 2. The molecule has 7 heteroatoms. The summed E-state index contributed by atoms with van der Waals surface area (Å²) in [6.07, 6.45) is 3.34. The first-order valence-corrected chi connectivity index (χ1v) is 8.59. The average molecular weight is 392 g/mol. The first-order chi connectivity index (χ1) is 11.5. The molecule has 0 spiro atoms. The maximum Gasteiger partial charge on any atom is 0.306 e. The predicted molar refractivity (Wildman–Crippen MR) is 92.2 cm³/mol. The van der Waals surface area contributed by atoms with Gasteiger partial charge >= 0.3 is 5.97 Å². The Balaban J connectivity index is 1.74. The van der Waals surface area contributed by atoms with Crippen LogP contribution >= 0.6 is 15.9 Å². The van der Waals surface area contributed by atoms with Gasteiger partial charge in [-0.05, 0) is 44.4 Å². The fourth-order valence-corrected chi connectivity index (χ4v) is 3.49. The first-order valence-electron chi connectivity index (χ1n) is 7.80. The van der Waals surface area contributed by atoms with E-state index in [4.69, 9.17) is 5.11 Å². The minimum Gasteiger partial charge on any atom is -0.481 e. The summed E-state index contributed by atoms with van der Waals surface area (Å²) in [6, 6.07) is 7.59. The monoisotopic (exact) mass is 391 g/mol. The molecule has 6 nitrogen and oxygen atoms in total. The van der Waals surface area contributed by atoms with Gasteiger partial charge in [-0.15, -0.1) is 0 Å². The van der Waals surface area contributed by atoms with E-state index in [0.717, 1.165) is 15.9 Å². The molecule has 0 aliphatic heterocycles. The number of benzene rings is 1. The fraction of sp³-hybridized carbons (Fsp3) is 0.353. The number of carboxylic acids is 1. The molecule has 1 fully saturated rings. The smallest absolute Gasteiger partial charge is 0.306 e. The third-order valence-electron chi connectivity index (χ3n) is 4.42. The molecule has 1 saturated carbocycles. The highest BCUT2D eigenvalue weighted by molar-refractivity contribution is 9.10. The van der Waals surface area contributed by atoms with Crippen LogP contribution in [0.5, 0.6) is 0 Å². The van der Waals surface area contributed by atoms with E-state index >= 15 is 0 Å². The average Bonchev–Trinajstić information content (AvgIpc) is 3.14. The van der Waals surface area contributed by atoms with Crippen LogP contribution in [0.3, 0.4) is 0 Å². The summed E-state index contributed by atoms with van der Waals surface area (Å²) in [4.78, 5) is 23.5. The van der Waals surface area contributed by atoms with Crippen molar-refractivity contribution in [2.24, 2.45) is 5.92 Å². The number of nitrogens with zero attached hydrogens (tertiary/aromatic N) is 2. The Morgan fingerprint density at radius 2 is 2.17 bits per heavy atom. The number of nitrogens with one attached hydrogen (secondary N) is 1. The van der Waals surface area contributed by atoms with Gasteiger partial charge in [-0.2, -0.15) is 5.10 Å². The zero-order valence-corrected chi connectivity index (χ0v) is 14.8. The van der Waals surface area contributed by atoms with Crippen molar-refractivity contribution in [3.05, 3.63) is 46.2 Å². The van der Waals surface area contributed by atoms with Crippen LogP contribution in [0.25, 0.3) is 5.69 Å². The van der Waals surface area contributed by atoms with Crippen LogP contribution in [0.1, 0.15) is 35.3 Å². The Bertz CT molecular complexity index is 787. The number of hydrogen-bond donors (Lipinski definition) is 2. The van der Waals surface area contributed by atoms with E-state index in [0.29, 0.717) is 24.8 Å². The molecule has 3 rings (SSSR count). The first kappa shape index (κ1) is 16.7. The zero-order chi connectivity index (χ0) is 17.3. The molecular formula is C17H18BrN3O3. The van der Waals surface area contributed by atoms with Crippen LogP contribution in [0.15, 0.2) is 34.9 Å². The van der Waals surface area contributed by atoms with Crippen LogP contribution < -0.4 is 5.32 Å². The van der Waals surface area contributed by atoms with Gasteiger partial charge in [0.05, 0.1) is 29.1 Å². The lowest BCUT2D eigenvalue weighted by molar-refractivity contribution is -0.141. The summed E-state index contributed by atoms with van der Waals surface area (Å²) < 4.78 is 2.65. The molecule has 126 valence electrons. The van der Waals surface area contributed by atoms with E-state index in [9.17, 15) is 9.59 Å². The Hall–Kier alpha value is -2.15. The van der Waals surface area contributed by atoms with Crippen molar-refractivity contribution < 1.29 is 14.7 Å². The highest BCUT2D eigenvalue weighted by Gasteiger charge is 2.31. The third kappa shape index (κ3) is 3.36. The second kappa shape index (κ2) is 6.76. The highest BCUT2D eigenvalue weighted by atomic mass is 79.9. The maximum atomic E-state index is 12.5. The van der Waals surface area contributed by atoms with Crippen molar-refractivity contribution in [2.45, 2.75) is 32.2 Å². The number of halogens is 1. The third-order valence-corrected chi connectivity index (χ3v) is 4.92. The van der Waals surface area contributed by atoms with Crippen LogP contribution in [0.2, 0.25) is 0 Å². The van der Waals surface area contributed by atoms with Gasteiger partial charge in [0.2, 0.25) is 0 Å². The quantitative estimate of drug-likeness (QED) is 0.838. The molecule has 2 atom stereocenters. The molecule has 1 aliphatic carbocycles. The van der Waals surface area contributed by atoms with E-state index < -0.39 is 5.97 Å². The van der Waals surface area contributed by atoms with E-state index in [1.807, 2.05) is 31.2 Å². The second-order valence-electron chi connectivity index (χ2n) is 6.05. The molecular weight excluding hydrogens is 374 g/mol. The Labute approximate surface area is 148 Å². The largest absolute Gasteiger partial charge is 0.481 e. The molecule has 1 heterocycles. The van der Waals surface area contributed by atoms with Gasteiger partial charge in [-0.3, -0.25) is 9.59 Å². The molecule has 2 aromatic rings. The molecule has 1 aliphatic rings. The van der Waals surface area contributed by atoms with Crippen molar-refractivity contribution in [1.29, 1.82) is 0 Å². The van der Waals surface area contributed by atoms with Gasteiger partial charge in [-0.25, -0.2) is 4.68 Å². The molecule has 1 amide bonds. The highest BCUT2D eigenvalue weighted by Crippen LogP contribution is 2.26. The normalized spacial score (nSPS) is 20.1. The zero-order valence-electron chi connectivity index (χ0n) is 13.2. The standard InChI is InChI=1S/C17H18BrN3O3/c1-10-15(9-19-21(10)14-4-2-3-12(18)8-14)16(22)20-13-6-5-11(7-13)17(23)24/h2-4,8-9,11,13H,5-7H2,1H3,(H,20,22)(H,23,24)/t11-,13+/m1/s1. The Kier molecular flexibility index (Phi) is 4.71. The molecule has 0 unspecified atom stereocenters. The molecule has 24 heavy (non-hydrogen) atoms. The summed E-state index contributed by atoms with van der Waals surface area (Å²) in [5.41, 5.74) is 2.12. The van der Waals surface area contributed by atoms with E-state index in [1.54, 1.807) is 10.9 Å². The maximum absolute atomic E-state index is 12.5. The summed E-state index contributed by atoms with van der Waals surface area (Å²) in [5.74, 6) is -1.35. The van der Waals surface area contributed by atoms with E-state index in [-0.39, 0.29) is 17.9 Å². The number of carbonyl (C=O) groups excluding carboxylic acids is 1. The van der Waals surface area contributed by atoms with Crippen LogP contribution in [-0.2, 0) is 4.79 Å². The number of aliphatic carboxylic acids is 1. The van der Waals surface area contributed by atoms with E-state index in [2.05, 4.69) is 26.3 Å². The van der Waals surface area contributed by atoms with Crippen molar-refractivity contribution in [1.82, 2.24) is 15.1 Å². The molecule has 0 saturated heterocycles. The van der Waals surface area contributed by atoms with Gasteiger partial charge in [0.1, 0.15) is 0 Å². The van der Waals surface area contributed by atoms with Crippen LogP contribution in [-0.4, -0.2) is 32.8 Å². The van der Waals surface area contributed by atoms with Gasteiger partial charge in [-0.1, -0.05) is 22.0 Å².